The van der Waals surface area contributed by atoms with Crippen molar-refractivity contribution < 1.29 is 27.3 Å². The van der Waals surface area contributed by atoms with Gasteiger partial charge in [-0.3, -0.25) is 9.35 Å². The number of hydrogen-bond donors (Lipinski definition) is 1. The Labute approximate surface area is 116 Å². The van der Waals surface area contributed by atoms with Crippen molar-refractivity contribution in [2.24, 2.45) is 0 Å². The Balaban J connectivity index is 3.03. The molecule has 1 rings (SSSR count). The van der Waals surface area contributed by atoms with Crippen LogP contribution in [-0.2, 0) is 19.6 Å². The predicted molar refractivity (Wildman–Crippen MR) is 71.9 cm³/mol. The summed E-state index contributed by atoms with van der Waals surface area (Å²) < 4.78 is 36.2. The van der Waals surface area contributed by atoms with Crippen molar-refractivity contribution in [1.29, 1.82) is 0 Å². The molecule has 0 aliphatic rings. The quantitative estimate of drug-likeness (QED) is 0.486. The van der Waals surface area contributed by atoms with E-state index in [0.29, 0.717) is 0 Å². The van der Waals surface area contributed by atoms with E-state index in [1.54, 1.807) is 0 Å². The molecular weight excluding hydrogens is 284 g/mol. The van der Waals surface area contributed by atoms with Crippen LogP contribution in [-0.4, -0.2) is 31.3 Å². The van der Waals surface area contributed by atoms with E-state index in [0.717, 1.165) is 6.92 Å². The molecule has 1 N–H and O–H groups in total. The molecule has 6 nitrogen and oxygen atoms in total. The Kier molecular flexibility index (Phi) is 5.18. The number of carbonyl (C=O) groups is 2. The smallest absolute Gasteiger partial charge is 0.338 e. The fraction of sp³-hybridized carbons (Fsp3) is 0.231. The lowest BCUT2D eigenvalue weighted by molar-refractivity contribution is -0.116. The van der Waals surface area contributed by atoms with Gasteiger partial charge in [-0.1, -0.05) is 24.8 Å². The molecule has 0 aliphatic carbocycles. The zero-order valence-electron chi connectivity index (χ0n) is 10.8. The van der Waals surface area contributed by atoms with Crippen LogP contribution in [0.25, 0.3) is 0 Å². The third-order valence-electron chi connectivity index (χ3n) is 2.45. The number of ether oxygens (including phenoxy) is 1. The van der Waals surface area contributed by atoms with Crippen molar-refractivity contribution in [3.05, 3.63) is 48.0 Å². The van der Waals surface area contributed by atoms with Gasteiger partial charge in [0.1, 0.15) is 6.61 Å². The molecule has 0 saturated carbocycles. The van der Waals surface area contributed by atoms with E-state index >= 15 is 0 Å². The summed E-state index contributed by atoms with van der Waals surface area (Å²) in [5.74, 6) is -1.31. The van der Waals surface area contributed by atoms with Gasteiger partial charge in [-0.25, -0.2) is 4.79 Å². The first-order valence-corrected chi connectivity index (χ1v) is 7.12. The summed E-state index contributed by atoms with van der Waals surface area (Å²) in [7, 11) is -4.54. The number of esters is 1. The Morgan fingerprint density at radius 2 is 1.90 bits per heavy atom. The van der Waals surface area contributed by atoms with Crippen LogP contribution in [0.2, 0.25) is 0 Å². The highest BCUT2D eigenvalue weighted by Crippen LogP contribution is 2.23. The van der Waals surface area contributed by atoms with Gasteiger partial charge in [0.25, 0.3) is 10.1 Å². The van der Waals surface area contributed by atoms with Crippen molar-refractivity contribution in [2.75, 3.05) is 6.61 Å². The minimum absolute atomic E-state index is 0.0572. The Bertz CT molecular complexity index is 615. The van der Waals surface area contributed by atoms with E-state index in [2.05, 4.69) is 6.58 Å². The zero-order chi connectivity index (χ0) is 15.3. The second-order valence-corrected chi connectivity index (χ2v) is 5.52. The first kappa shape index (κ1) is 16.1. The van der Waals surface area contributed by atoms with Crippen molar-refractivity contribution in [3.8, 4) is 0 Å². The van der Waals surface area contributed by atoms with E-state index < -0.39 is 27.1 Å². The molecule has 0 aromatic heterocycles. The number of hydrogen-bond acceptors (Lipinski definition) is 5. The van der Waals surface area contributed by atoms with Crippen molar-refractivity contribution in [1.82, 2.24) is 0 Å². The van der Waals surface area contributed by atoms with Crippen molar-refractivity contribution in [2.45, 2.75) is 12.2 Å². The van der Waals surface area contributed by atoms with Gasteiger partial charge in [0.2, 0.25) is 0 Å². The topological polar surface area (TPSA) is 97.7 Å². The largest absolute Gasteiger partial charge is 0.458 e. The van der Waals surface area contributed by atoms with Gasteiger partial charge >= 0.3 is 5.97 Å². The maximum Gasteiger partial charge on any atom is 0.338 e. The standard InChI is InChI=1S/C13H14O6S/c1-3-8-19-13(15)11-6-4-10(5-7-11)12(9(2)14)20(16,17)18/h3-7,12H,1,8H2,2H3,(H,16,17,18). The molecule has 1 aromatic carbocycles. The van der Waals surface area contributed by atoms with Gasteiger partial charge in [-0.15, -0.1) is 0 Å². The van der Waals surface area contributed by atoms with E-state index in [-0.39, 0.29) is 17.7 Å². The molecule has 0 radical (unpaired) electrons. The molecule has 1 atom stereocenters. The lowest BCUT2D eigenvalue weighted by atomic mass is 10.1. The summed E-state index contributed by atoms with van der Waals surface area (Å²) >= 11 is 0. The minimum Gasteiger partial charge on any atom is -0.458 e. The molecule has 0 heterocycles. The average Bonchev–Trinajstić information content (AvgIpc) is 2.34. The first-order valence-electron chi connectivity index (χ1n) is 5.62. The van der Waals surface area contributed by atoms with Crippen LogP contribution >= 0.6 is 0 Å². The number of carbonyl (C=O) groups excluding carboxylic acids is 2. The minimum atomic E-state index is -4.54. The summed E-state index contributed by atoms with van der Waals surface area (Å²) in [6.45, 7) is 4.52. The van der Waals surface area contributed by atoms with Gasteiger partial charge in [0, 0.05) is 0 Å². The third-order valence-corrected chi connectivity index (χ3v) is 3.65. The second kappa shape index (κ2) is 6.44. The van der Waals surface area contributed by atoms with E-state index in [9.17, 15) is 18.0 Å². The van der Waals surface area contributed by atoms with Gasteiger partial charge in [0.15, 0.2) is 11.0 Å². The van der Waals surface area contributed by atoms with Crippen molar-refractivity contribution in [3.63, 3.8) is 0 Å². The summed E-state index contributed by atoms with van der Waals surface area (Å²) in [6, 6.07) is 5.21. The van der Waals surface area contributed by atoms with E-state index in [4.69, 9.17) is 9.29 Å². The average molecular weight is 298 g/mol. The summed E-state index contributed by atoms with van der Waals surface area (Å²) in [6.07, 6.45) is 1.41. The molecule has 0 fully saturated rings. The highest BCUT2D eigenvalue weighted by atomic mass is 32.2. The highest BCUT2D eigenvalue weighted by molar-refractivity contribution is 7.86. The van der Waals surface area contributed by atoms with E-state index in [1.165, 1.54) is 30.3 Å². The molecule has 1 aromatic rings. The zero-order valence-corrected chi connectivity index (χ0v) is 11.6. The molecule has 0 aliphatic heterocycles. The molecule has 0 spiro atoms. The Hall–Kier alpha value is -1.99. The second-order valence-electron chi connectivity index (χ2n) is 4.01. The number of Topliss-reactive ketones (excluding diaryl/α,β-unsaturated/α-hetero) is 1. The fourth-order valence-electron chi connectivity index (χ4n) is 1.63. The number of benzene rings is 1. The predicted octanol–water partition coefficient (Wildman–Crippen LogP) is 1.55. The monoisotopic (exact) mass is 298 g/mol. The van der Waals surface area contributed by atoms with E-state index in [1.807, 2.05) is 0 Å². The Morgan fingerprint density at radius 1 is 1.35 bits per heavy atom. The molecular formula is C13H14O6S. The van der Waals surface area contributed by atoms with Gasteiger partial charge in [-0.05, 0) is 24.6 Å². The fourth-order valence-corrected chi connectivity index (χ4v) is 2.55. The molecule has 7 heteroatoms. The SMILES string of the molecule is C=CCOC(=O)c1ccc(C(C(C)=O)S(=O)(=O)O)cc1. The van der Waals surface area contributed by atoms with Crippen LogP contribution in [0.4, 0.5) is 0 Å². The molecule has 108 valence electrons. The van der Waals surface area contributed by atoms with Crippen LogP contribution in [0, 0.1) is 0 Å². The number of ketones is 1. The van der Waals surface area contributed by atoms with Gasteiger partial charge < -0.3 is 4.74 Å². The summed E-state index contributed by atoms with van der Waals surface area (Å²) in [5.41, 5.74) is 0.286. The molecule has 0 amide bonds. The maximum absolute atomic E-state index is 11.5. The van der Waals surface area contributed by atoms with Crippen molar-refractivity contribution >= 4 is 21.9 Å². The van der Waals surface area contributed by atoms with Gasteiger partial charge in [0.05, 0.1) is 5.56 Å². The van der Waals surface area contributed by atoms with Gasteiger partial charge in [-0.2, -0.15) is 8.42 Å². The van der Waals surface area contributed by atoms with Crippen LogP contribution in [0.5, 0.6) is 0 Å². The number of rotatable bonds is 6. The normalized spacial score (nSPS) is 12.5. The lowest BCUT2D eigenvalue weighted by Crippen LogP contribution is -2.19. The molecule has 1 unspecified atom stereocenters. The molecule has 0 saturated heterocycles. The first-order chi connectivity index (χ1) is 9.27. The maximum atomic E-state index is 11.5. The van der Waals surface area contributed by atoms with Crippen LogP contribution < -0.4 is 0 Å². The lowest BCUT2D eigenvalue weighted by Gasteiger charge is -2.11. The highest BCUT2D eigenvalue weighted by Gasteiger charge is 2.29. The summed E-state index contributed by atoms with van der Waals surface area (Å²) in [5, 5.41) is -1.65. The van der Waals surface area contributed by atoms with Crippen LogP contribution in [0.1, 0.15) is 28.1 Å². The molecule has 20 heavy (non-hydrogen) atoms. The Morgan fingerprint density at radius 3 is 2.30 bits per heavy atom. The molecule has 0 bridgehead atoms. The summed E-state index contributed by atoms with van der Waals surface area (Å²) in [4.78, 5) is 22.8. The van der Waals surface area contributed by atoms with Crippen LogP contribution in [0.3, 0.4) is 0 Å². The van der Waals surface area contributed by atoms with Crippen LogP contribution in [0.15, 0.2) is 36.9 Å². The third kappa shape index (κ3) is 4.01.